The summed E-state index contributed by atoms with van der Waals surface area (Å²) >= 11 is 1.61. The number of H-pyrrole nitrogens is 1. The van der Waals surface area contributed by atoms with Crippen molar-refractivity contribution in [3.63, 3.8) is 0 Å². The first-order valence-electron chi connectivity index (χ1n) is 11.3. The van der Waals surface area contributed by atoms with E-state index in [1.54, 1.807) is 11.3 Å². The van der Waals surface area contributed by atoms with Gasteiger partial charge < -0.3 is 10.4 Å². The highest BCUT2D eigenvalue weighted by molar-refractivity contribution is 7.12. The second kappa shape index (κ2) is 8.68. The van der Waals surface area contributed by atoms with E-state index >= 15 is 0 Å². The number of aromatic amines is 1. The number of hydrogen-bond donors (Lipinski definition) is 3. The normalized spacial score (nSPS) is 20.3. The van der Waals surface area contributed by atoms with E-state index in [1.807, 2.05) is 12.3 Å². The van der Waals surface area contributed by atoms with E-state index in [1.165, 1.54) is 22.4 Å². The van der Waals surface area contributed by atoms with E-state index in [0.29, 0.717) is 16.8 Å². The zero-order chi connectivity index (χ0) is 23.0. The number of aromatic nitrogens is 5. The third-order valence-electron chi connectivity index (χ3n) is 6.40. The molecular formula is C25H28N6OS. The maximum Gasteiger partial charge on any atom is 0.205 e. The maximum absolute atomic E-state index is 11.0. The molecule has 33 heavy (non-hydrogen) atoms. The molecular weight excluding hydrogens is 432 g/mol. The van der Waals surface area contributed by atoms with Gasteiger partial charge in [0.15, 0.2) is 6.23 Å². The first kappa shape index (κ1) is 21.7. The van der Waals surface area contributed by atoms with Gasteiger partial charge in [-0.05, 0) is 59.1 Å². The minimum atomic E-state index is -0.977. The maximum atomic E-state index is 11.0. The van der Waals surface area contributed by atoms with Crippen LogP contribution >= 0.6 is 11.3 Å². The quantitative estimate of drug-likeness (QED) is 0.511. The monoisotopic (exact) mass is 460 g/mol. The van der Waals surface area contributed by atoms with Crippen LogP contribution in [-0.4, -0.2) is 36.9 Å². The van der Waals surface area contributed by atoms with E-state index in [2.05, 4.69) is 82.0 Å². The van der Waals surface area contributed by atoms with Crippen molar-refractivity contribution in [1.82, 2.24) is 30.9 Å². The van der Waals surface area contributed by atoms with Crippen molar-refractivity contribution < 1.29 is 5.11 Å². The molecule has 0 spiro atoms. The molecule has 0 bridgehead atoms. The molecule has 8 heteroatoms. The first-order chi connectivity index (χ1) is 15.9. The van der Waals surface area contributed by atoms with E-state index in [0.717, 1.165) is 41.1 Å². The number of nitrogens with one attached hydrogen (secondary N) is 2. The number of rotatable bonds is 5. The van der Waals surface area contributed by atoms with Crippen LogP contribution in [-0.2, 0) is 6.42 Å². The minimum absolute atomic E-state index is 0.357. The summed E-state index contributed by atoms with van der Waals surface area (Å²) in [7, 11) is 0. The number of nitrogens with zero attached hydrogens (tertiary/aromatic N) is 4. The second-order valence-electron chi connectivity index (χ2n) is 9.33. The fraction of sp³-hybridized carbons (Fsp3) is 0.360. The summed E-state index contributed by atoms with van der Waals surface area (Å²) in [4.78, 5) is 5.79. The van der Waals surface area contributed by atoms with Crippen LogP contribution in [0.1, 0.15) is 66.9 Å². The van der Waals surface area contributed by atoms with E-state index < -0.39 is 6.23 Å². The lowest BCUT2D eigenvalue weighted by molar-refractivity contribution is 0.214. The summed E-state index contributed by atoms with van der Waals surface area (Å²) in [6.45, 7) is 6.76. The highest BCUT2D eigenvalue weighted by Gasteiger charge is 2.28. The number of dihydropyridines is 1. The van der Waals surface area contributed by atoms with Gasteiger partial charge in [-0.15, -0.1) is 21.5 Å². The van der Waals surface area contributed by atoms with E-state index in [-0.39, 0.29) is 0 Å². The third kappa shape index (κ3) is 4.41. The van der Waals surface area contributed by atoms with Crippen LogP contribution in [0.3, 0.4) is 0 Å². The van der Waals surface area contributed by atoms with Crippen molar-refractivity contribution in [2.45, 2.75) is 52.7 Å². The second-order valence-corrected chi connectivity index (χ2v) is 10.4. The fourth-order valence-electron chi connectivity index (χ4n) is 4.29. The molecule has 3 heterocycles. The molecule has 170 valence electrons. The summed E-state index contributed by atoms with van der Waals surface area (Å²) in [6, 6.07) is 8.56. The topological polar surface area (TPSA) is 99.6 Å². The molecule has 1 aliphatic heterocycles. The predicted octanol–water partition coefficient (Wildman–Crippen LogP) is 4.69. The number of benzene rings is 1. The molecule has 2 aliphatic rings. The fourth-order valence-corrected chi connectivity index (χ4v) is 5.17. The molecule has 1 unspecified atom stereocenters. The van der Waals surface area contributed by atoms with Crippen LogP contribution in [0.4, 0.5) is 0 Å². The zero-order valence-electron chi connectivity index (χ0n) is 19.1. The number of aliphatic hydroxyl groups is 1. The molecule has 0 saturated carbocycles. The Kier molecular flexibility index (Phi) is 5.72. The number of hydrogen-bond acceptors (Lipinski definition) is 7. The highest BCUT2D eigenvalue weighted by atomic mass is 32.1. The molecule has 3 aromatic rings. The lowest BCUT2D eigenvalue weighted by Gasteiger charge is -2.29. The van der Waals surface area contributed by atoms with Crippen LogP contribution in [0.2, 0.25) is 0 Å². The Morgan fingerprint density at radius 3 is 2.61 bits per heavy atom. The van der Waals surface area contributed by atoms with Gasteiger partial charge in [0.05, 0.1) is 5.57 Å². The van der Waals surface area contributed by atoms with E-state index in [4.69, 9.17) is 0 Å². The van der Waals surface area contributed by atoms with Crippen LogP contribution in [0.15, 0.2) is 42.6 Å². The Balaban J connectivity index is 1.51. The summed E-state index contributed by atoms with van der Waals surface area (Å²) in [5.74, 6) is 0.357. The molecule has 0 amide bonds. The first-order valence-corrected chi connectivity index (χ1v) is 12.1. The molecule has 1 aromatic carbocycles. The number of thiazole rings is 1. The van der Waals surface area contributed by atoms with Gasteiger partial charge in [-0.1, -0.05) is 51.1 Å². The van der Waals surface area contributed by atoms with E-state index in [9.17, 15) is 5.11 Å². The molecule has 0 radical (unpaired) electrons. The van der Waals surface area contributed by atoms with Gasteiger partial charge in [0.25, 0.3) is 0 Å². The minimum Gasteiger partial charge on any atom is -0.369 e. The number of allylic oxidation sites excluding steroid dienone is 4. The van der Waals surface area contributed by atoms with Gasteiger partial charge in [0.1, 0.15) is 5.01 Å². The summed E-state index contributed by atoms with van der Waals surface area (Å²) < 4.78 is 0. The SMILES string of the molecule is CCc1cnc(C2=C(c3nn[nH]n3)C(O)NC(c3ccc(C4=CCC(C)(C)CC4)cc3)=C2)s1. The van der Waals surface area contributed by atoms with Crippen LogP contribution in [0, 0.1) is 5.41 Å². The van der Waals surface area contributed by atoms with Gasteiger partial charge in [-0.25, -0.2) is 4.98 Å². The number of aliphatic hydroxyl groups excluding tert-OH is 1. The Hall–Kier alpha value is -3.10. The Morgan fingerprint density at radius 2 is 1.97 bits per heavy atom. The van der Waals surface area contributed by atoms with Gasteiger partial charge in [-0.2, -0.15) is 5.21 Å². The predicted molar refractivity (Wildman–Crippen MR) is 132 cm³/mol. The molecule has 3 N–H and O–H groups in total. The molecule has 1 atom stereocenters. The van der Waals surface area contributed by atoms with Crippen LogP contribution < -0.4 is 5.32 Å². The van der Waals surface area contributed by atoms with Crippen molar-refractivity contribution in [1.29, 1.82) is 0 Å². The van der Waals surface area contributed by atoms with Crippen molar-refractivity contribution in [3.8, 4) is 0 Å². The van der Waals surface area contributed by atoms with Crippen molar-refractivity contribution >= 4 is 33.8 Å². The summed E-state index contributed by atoms with van der Waals surface area (Å²) in [6.07, 6.45) is 9.65. The van der Waals surface area contributed by atoms with Gasteiger partial charge in [-0.3, -0.25) is 0 Å². The molecule has 2 aromatic heterocycles. The Morgan fingerprint density at radius 1 is 1.18 bits per heavy atom. The average molecular weight is 461 g/mol. The van der Waals surface area contributed by atoms with Crippen molar-refractivity contribution in [3.05, 3.63) is 69.5 Å². The van der Waals surface area contributed by atoms with Crippen LogP contribution in [0.5, 0.6) is 0 Å². The lowest BCUT2D eigenvalue weighted by Crippen LogP contribution is -2.32. The molecule has 5 rings (SSSR count). The molecule has 0 fully saturated rings. The highest BCUT2D eigenvalue weighted by Crippen LogP contribution is 2.39. The molecule has 7 nitrogen and oxygen atoms in total. The summed E-state index contributed by atoms with van der Waals surface area (Å²) in [5.41, 5.74) is 6.29. The standard InChI is InChI=1S/C25H28N6OS/c1-4-18-14-26-24(33-18)19-13-20(27-23(32)21(19)22-28-30-31-29-22)17-7-5-15(6-8-17)16-9-11-25(2,3)12-10-16/h5-9,13-14,23,27,32H,4,10-12H2,1-3H3,(H,28,29,30,31). The lowest BCUT2D eigenvalue weighted by atomic mass is 9.77. The Labute approximate surface area is 197 Å². The summed E-state index contributed by atoms with van der Waals surface area (Å²) in [5, 5.41) is 29.4. The molecule has 0 saturated heterocycles. The Bertz CT molecular complexity index is 1230. The molecule has 1 aliphatic carbocycles. The third-order valence-corrected chi connectivity index (χ3v) is 7.58. The van der Waals surface area contributed by atoms with Crippen molar-refractivity contribution in [2.75, 3.05) is 0 Å². The number of aryl methyl sites for hydroxylation is 1. The van der Waals surface area contributed by atoms with Gasteiger partial charge in [0.2, 0.25) is 5.82 Å². The average Bonchev–Trinajstić information content (AvgIpc) is 3.51. The van der Waals surface area contributed by atoms with Crippen LogP contribution in [0.25, 0.3) is 22.4 Å². The van der Waals surface area contributed by atoms with Gasteiger partial charge >= 0.3 is 0 Å². The zero-order valence-corrected chi connectivity index (χ0v) is 19.9. The van der Waals surface area contributed by atoms with Crippen molar-refractivity contribution in [2.24, 2.45) is 5.41 Å². The smallest absolute Gasteiger partial charge is 0.205 e. The van der Waals surface area contributed by atoms with Gasteiger partial charge in [0, 0.05) is 22.3 Å². The number of tetrazole rings is 1. The largest absolute Gasteiger partial charge is 0.369 e.